The molecule has 5 heteroatoms. The van der Waals surface area contributed by atoms with Gasteiger partial charge in [-0.05, 0) is 24.3 Å². The lowest BCUT2D eigenvalue weighted by Gasteiger charge is -2.33. The molecular formula is C20H25N3O2. The quantitative estimate of drug-likeness (QED) is 0.812. The zero-order chi connectivity index (χ0) is 17.2. The molecule has 1 aliphatic carbocycles. The molecule has 1 fully saturated rings. The van der Waals surface area contributed by atoms with Gasteiger partial charge in [0.15, 0.2) is 0 Å². The van der Waals surface area contributed by atoms with Gasteiger partial charge in [0.05, 0.1) is 24.9 Å². The van der Waals surface area contributed by atoms with E-state index in [1.54, 1.807) is 0 Å². The smallest absolute Gasteiger partial charge is 0.227 e. The molecule has 1 aromatic carbocycles. The van der Waals surface area contributed by atoms with Crippen LogP contribution in [0.2, 0.25) is 0 Å². The molecule has 1 atom stereocenters. The molecule has 0 radical (unpaired) electrons. The van der Waals surface area contributed by atoms with Gasteiger partial charge in [-0.15, -0.1) is 0 Å². The average molecular weight is 339 g/mol. The summed E-state index contributed by atoms with van der Waals surface area (Å²) >= 11 is 0. The molecule has 0 N–H and O–H groups in total. The highest BCUT2D eigenvalue weighted by atomic mass is 16.5. The maximum absolute atomic E-state index is 12.8. The van der Waals surface area contributed by atoms with Gasteiger partial charge in [-0.25, -0.2) is 0 Å². The lowest BCUT2D eigenvalue weighted by Crippen LogP contribution is -2.40. The first-order valence-corrected chi connectivity index (χ1v) is 9.11. The van der Waals surface area contributed by atoms with Crippen molar-refractivity contribution < 1.29 is 9.53 Å². The van der Waals surface area contributed by atoms with Gasteiger partial charge >= 0.3 is 0 Å². The fourth-order valence-corrected chi connectivity index (χ4v) is 3.63. The normalized spacial score (nSPS) is 19.7. The minimum absolute atomic E-state index is 0.174. The number of rotatable bonds is 6. The zero-order valence-electron chi connectivity index (χ0n) is 14.7. The zero-order valence-corrected chi connectivity index (χ0v) is 14.7. The summed E-state index contributed by atoms with van der Waals surface area (Å²) in [6.45, 7) is 2.87. The van der Waals surface area contributed by atoms with Crippen molar-refractivity contribution in [3.63, 3.8) is 0 Å². The number of fused-ring (bicyclic) bond motifs is 1. The molecule has 0 spiro atoms. The average Bonchev–Trinajstić information content (AvgIpc) is 3.37. The number of nitrogens with zero attached hydrogens (tertiary/aromatic N) is 3. The summed E-state index contributed by atoms with van der Waals surface area (Å²) in [5.41, 5.74) is 3.43. The van der Waals surface area contributed by atoms with Crippen molar-refractivity contribution in [2.24, 2.45) is 13.0 Å². The van der Waals surface area contributed by atoms with Gasteiger partial charge < -0.3 is 9.64 Å². The van der Waals surface area contributed by atoms with E-state index in [2.05, 4.69) is 5.10 Å². The fraction of sp³-hybridized carbons (Fsp3) is 0.500. The number of carbonyl (C=O) groups excluding carboxylic acids is 1. The Morgan fingerprint density at radius 3 is 2.80 bits per heavy atom. The molecule has 0 saturated heterocycles. The van der Waals surface area contributed by atoms with Gasteiger partial charge in [0.1, 0.15) is 0 Å². The number of aromatic nitrogens is 2. The van der Waals surface area contributed by atoms with Crippen molar-refractivity contribution in [2.45, 2.75) is 31.7 Å². The molecule has 4 rings (SSSR count). The number of carbonyl (C=O) groups is 1. The molecule has 5 nitrogen and oxygen atoms in total. The number of benzene rings is 1. The molecular weight excluding hydrogens is 314 g/mol. The third-order valence-corrected chi connectivity index (χ3v) is 5.17. The standard InChI is InChI=1S/C20H25N3O2/c1-22-20-17(10-21-22)11-23(12-18(20)14-25-13-16-7-8-16)19(24)9-15-5-3-2-4-6-15/h2-6,10,16,18H,7-9,11-14H2,1H3/t18-/m1/s1. The van der Waals surface area contributed by atoms with Crippen molar-refractivity contribution in [1.82, 2.24) is 14.7 Å². The predicted molar refractivity (Wildman–Crippen MR) is 95.1 cm³/mol. The van der Waals surface area contributed by atoms with E-state index in [1.807, 2.05) is 53.2 Å². The van der Waals surface area contributed by atoms with E-state index in [9.17, 15) is 4.79 Å². The topological polar surface area (TPSA) is 47.4 Å². The van der Waals surface area contributed by atoms with Crippen molar-refractivity contribution in [3.05, 3.63) is 53.3 Å². The summed E-state index contributed by atoms with van der Waals surface area (Å²) in [5, 5.41) is 4.40. The highest BCUT2D eigenvalue weighted by Crippen LogP contribution is 2.31. The second-order valence-electron chi connectivity index (χ2n) is 7.29. The Morgan fingerprint density at radius 2 is 2.04 bits per heavy atom. The van der Waals surface area contributed by atoms with Crippen molar-refractivity contribution in [2.75, 3.05) is 19.8 Å². The number of hydrogen-bond donors (Lipinski definition) is 0. The third-order valence-electron chi connectivity index (χ3n) is 5.17. The summed E-state index contributed by atoms with van der Waals surface area (Å²) in [7, 11) is 1.98. The molecule has 1 saturated carbocycles. The minimum Gasteiger partial charge on any atom is -0.380 e. The van der Waals surface area contributed by atoms with Crippen molar-refractivity contribution in [3.8, 4) is 0 Å². The minimum atomic E-state index is 0.174. The van der Waals surface area contributed by atoms with E-state index >= 15 is 0 Å². The monoisotopic (exact) mass is 339 g/mol. The molecule has 25 heavy (non-hydrogen) atoms. The number of aryl methyl sites for hydroxylation is 1. The van der Waals surface area contributed by atoms with Crippen LogP contribution < -0.4 is 0 Å². The summed E-state index contributed by atoms with van der Waals surface area (Å²) in [6.07, 6.45) is 4.93. The largest absolute Gasteiger partial charge is 0.380 e. The van der Waals surface area contributed by atoms with Crippen LogP contribution in [0.25, 0.3) is 0 Å². The maximum Gasteiger partial charge on any atom is 0.227 e. The van der Waals surface area contributed by atoms with Crippen LogP contribution in [-0.4, -0.2) is 40.3 Å². The lowest BCUT2D eigenvalue weighted by molar-refractivity contribution is -0.132. The van der Waals surface area contributed by atoms with Crippen molar-refractivity contribution in [1.29, 1.82) is 0 Å². The van der Waals surface area contributed by atoms with Gasteiger partial charge in [-0.2, -0.15) is 5.10 Å². The van der Waals surface area contributed by atoms with E-state index in [0.717, 1.165) is 23.7 Å². The lowest BCUT2D eigenvalue weighted by atomic mass is 9.96. The van der Waals surface area contributed by atoms with Crippen LogP contribution in [-0.2, 0) is 29.5 Å². The van der Waals surface area contributed by atoms with Crippen LogP contribution >= 0.6 is 0 Å². The van der Waals surface area contributed by atoms with Crippen LogP contribution in [0.15, 0.2) is 36.5 Å². The highest BCUT2D eigenvalue weighted by molar-refractivity contribution is 5.79. The Balaban J connectivity index is 1.45. The summed E-state index contributed by atoms with van der Waals surface area (Å²) in [4.78, 5) is 14.7. The number of amides is 1. The van der Waals surface area contributed by atoms with Gasteiger partial charge in [0.2, 0.25) is 5.91 Å². The predicted octanol–water partition coefficient (Wildman–Crippen LogP) is 2.52. The molecule has 1 amide bonds. The molecule has 1 aliphatic heterocycles. The second kappa shape index (κ2) is 7.00. The van der Waals surface area contributed by atoms with E-state index in [-0.39, 0.29) is 11.8 Å². The van der Waals surface area contributed by atoms with Crippen molar-refractivity contribution >= 4 is 5.91 Å². The third kappa shape index (κ3) is 3.76. The molecule has 2 aromatic rings. The molecule has 1 aromatic heterocycles. The number of hydrogen-bond acceptors (Lipinski definition) is 3. The Morgan fingerprint density at radius 1 is 1.24 bits per heavy atom. The molecule has 0 bridgehead atoms. The van der Waals surface area contributed by atoms with E-state index < -0.39 is 0 Å². The molecule has 0 unspecified atom stereocenters. The van der Waals surface area contributed by atoms with E-state index in [1.165, 1.54) is 18.5 Å². The van der Waals surface area contributed by atoms with Crippen LogP contribution in [0.4, 0.5) is 0 Å². The van der Waals surface area contributed by atoms with Crippen LogP contribution in [0.3, 0.4) is 0 Å². The van der Waals surface area contributed by atoms with Gasteiger partial charge in [-0.3, -0.25) is 9.48 Å². The van der Waals surface area contributed by atoms with Gasteiger partial charge in [0.25, 0.3) is 0 Å². The number of ether oxygens (including phenoxy) is 1. The van der Waals surface area contributed by atoms with Crippen LogP contribution in [0, 0.1) is 5.92 Å². The van der Waals surface area contributed by atoms with Crippen LogP contribution in [0.5, 0.6) is 0 Å². The Labute approximate surface area is 148 Å². The first-order chi connectivity index (χ1) is 12.2. The molecule has 2 aliphatic rings. The Hall–Kier alpha value is -2.14. The summed E-state index contributed by atoms with van der Waals surface area (Å²) < 4.78 is 7.89. The van der Waals surface area contributed by atoms with E-state index in [4.69, 9.17) is 4.74 Å². The molecule has 2 heterocycles. The Kier molecular flexibility index (Phi) is 4.57. The molecule has 132 valence electrons. The SMILES string of the molecule is Cn1ncc2c1[C@@H](COCC1CC1)CN(C(=O)Cc1ccccc1)C2. The van der Waals surface area contributed by atoms with Gasteiger partial charge in [-0.1, -0.05) is 30.3 Å². The highest BCUT2D eigenvalue weighted by Gasteiger charge is 2.31. The maximum atomic E-state index is 12.8. The summed E-state index contributed by atoms with van der Waals surface area (Å²) in [6, 6.07) is 9.95. The van der Waals surface area contributed by atoms with Crippen LogP contribution in [0.1, 0.15) is 35.6 Å². The van der Waals surface area contributed by atoms with E-state index in [0.29, 0.717) is 26.1 Å². The first kappa shape index (κ1) is 16.3. The Bertz CT molecular complexity index is 737. The second-order valence-corrected chi connectivity index (χ2v) is 7.29. The summed E-state index contributed by atoms with van der Waals surface area (Å²) in [5.74, 6) is 1.13. The van der Waals surface area contributed by atoms with Gasteiger partial charge in [0, 0.05) is 38.2 Å². The fourth-order valence-electron chi connectivity index (χ4n) is 3.63. The first-order valence-electron chi connectivity index (χ1n) is 9.11.